The summed E-state index contributed by atoms with van der Waals surface area (Å²) in [5, 5.41) is 24.2. The smallest absolute Gasteiger partial charge is 0.352 e. The number of carbonyl (C=O) groups excluding carboxylic acids is 3. The van der Waals surface area contributed by atoms with Gasteiger partial charge in [-0.25, -0.2) is 4.79 Å². The molecule has 214 valence electrons. The monoisotopic (exact) mass is 601 g/mol. The summed E-state index contributed by atoms with van der Waals surface area (Å²) in [6.07, 6.45) is 2.04. The fourth-order valence-electron chi connectivity index (χ4n) is 5.41. The van der Waals surface area contributed by atoms with Gasteiger partial charge >= 0.3 is 5.97 Å². The molecule has 3 N–H and O–H groups in total. The van der Waals surface area contributed by atoms with Crippen LogP contribution in [0, 0.1) is 0 Å². The number of phenolic OH excluding ortho intramolecular Hbond substituents is 1. The van der Waals surface area contributed by atoms with Crippen molar-refractivity contribution in [2.45, 2.75) is 29.3 Å². The normalized spacial score (nSPS) is 21.1. The van der Waals surface area contributed by atoms with E-state index >= 15 is 0 Å². The Hall–Kier alpha value is -4.22. The van der Waals surface area contributed by atoms with Gasteiger partial charge in [0.1, 0.15) is 22.9 Å². The molecular formula is C31H27N3O6S2. The number of fused-ring (bicyclic) bond motifs is 2. The third-order valence-electron chi connectivity index (χ3n) is 7.45. The number of rotatable bonds is 8. The van der Waals surface area contributed by atoms with Gasteiger partial charge in [0.2, 0.25) is 11.8 Å². The number of benzene rings is 3. The van der Waals surface area contributed by atoms with Crippen LogP contribution in [0.25, 0.3) is 10.8 Å². The van der Waals surface area contributed by atoms with Crippen LogP contribution in [0.2, 0.25) is 0 Å². The van der Waals surface area contributed by atoms with E-state index in [4.69, 9.17) is 0 Å². The molecule has 2 fully saturated rings. The van der Waals surface area contributed by atoms with Gasteiger partial charge < -0.3 is 20.4 Å². The van der Waals surface area contributed by atoms with Crippen LogP contribution >= 0.6 is 23.5 Å². The molecule has 0 saturated carbocycles. The van der Waals surface area contributed by atoms with E-state index in [9.17, 15) is 29.4 Å². The van der Waals surface area contributed by atoms with Gasteiger partial charge in [-0.3, -0.25) is 19.3 Å². The van der Waals surface area contributed by atoms with Crippen LogP contribution in [0.3, 0.4) is 0 Å². The second-order valence-corrected chi connectivity index (χ2v) is 12.4. The Labute approximate surface area is 250 Å². The van der Waals surface area contributed by atoms with Crippen LogP contribution in [0.1, 0.15) is 12.0 Å². The van der Waals surface area contributed by atoms with E-state index in [1.54, 1.807) is 29.2 Å². The summed E-state index contributed by atoms with van der Waals surface area (Å²) in [4.78, 5) is 54.9. The molecule has 42 heavy (non-hydrogen) atoms. The Kier molecular flexibility index (Phi) is 7.70. The van der Waals surface area contributed by atoms with E-state index in [2.05, 4.69) is 5.32 Å². The highest BCUT2D eigenvalue weighted by Crippen LogP contribution is 2.41. The van der Waals surface area contributed by atoms with Gasteiger partial charge in [0.15, 0.2) is 0 Å². The van der Waals surface area contributed by atoms with Gasteiger partial charge in [-0.1, -0.05) is 42.5 Å². The first kappa shape index (κ1) is 27.9. The molecule has 6 rings (SSSR count). The minimum atomic E-state index is -1.25. The van der Waals surface area contributed by atoms with E-state index in [0.717, 1.165) is 21.2 Å². The molecule has 3 aromatic carbocycles. The second kappa shape index (κ2) is 11.6. The number of carboxylic acid groups (broad SMARTS) is 1. The largest absolute Gasteiger partial charge is 0.508 e. The van der Waals surface area contributed by atoms with Crippen molar-refractivity contribution in [3.05, 3.63) is 95.2 Å². The van der Waals surface area contributed by atoms with Gasteiger partial charge in [0, 0.05) is 29.3 Å². The number of β-lactam (4-membered cyclic amide) rings is 1. The lowest BCUT2D eigenvalue weighted by atomic mass is 10.0. The molecule has 0 bridgehead atoms. The first-order valence-electron chi connectivity index (χ1n) is 13.4. The highest BCUT2D eigenvalue weighted by Gasteiger charge is 2.54. The number of nitrogens with one attached hydrogen (secondary N) is 1. The summed E-state index contributed by atoms with van der Waals surface area (Å²) in [6, 6.07) is 19.8. The van der Waals surface area contributed by atoms with Crippen LogP contribution < -0.4 is 5.32 Å². The van der Waals surface area contributed by atoms with Crippen molar-refractivity contribution < 1.29 is 29.4 Å². The number of phenols is 1. The van der Waals surface area contributed by atoms with Crippen LogP contribution in [0.5, 0.6) is 5.75 Å². The zero-order chi connectivity index (χ0) is 29.4. The van der Waals surface area contributed by atoms with Crippen molar-refractivity contribution in [2.75, 3.05) is 18.1 Å². The van der Waals surface area contributed by atoms with Crippen molar-refractivity contribution in [1.29, 1.82) is 0 Å². The summed E-state index contributed by atoms with van der Waals surface area (Å²) in [5.41, 5.74) is 1.52. The fraction of sp³-hybridized carbons (Fsp3) is 0.226. The van der Waals surface area contributed by atoms with E-state index in [1.165, 1.54) is 28.4 Å². The number of carboxylic acids is 1. The maximum absolute atomic E-state index is 13.1. The Balaban J connectivity index is 1.10. The number of aliphatic carboxylic acids is 1. The molecule has 0 spiro atoms. The number of amides is 3. The van der Waals surface area contributed by atoms with Crippen LogP contribution in [0.15, 0.2) is 94.5 Å². The number of hydrogen-bond donors (Lipinski definition) is 3. The van der Waals surface area contributed by atoms with E-state index < -0.39 is 23.3 Å². The summed E-state index contributed by atoms with van der Waals surface area (Å²) in [5.74, 6) is -1.70. The standard InChI is InChI=1S/C31H27N3O6S2/c35-23-7-3-4-18(12-23)15-33-11-10-21(28(33)37)13-22-16-42-30-26(29(38)34(30)27(22)31(39)40)32-25(36)17-41-24-9-8-19-5-1-2-6-20(19)14-24/h1-9,12-14,26,30,35H,10-11,15-17H2,(H,32,36)(H,39,40)/b21-13+/t26-,30-/m1/s1. The zero-order valence-electron chi connectivity index (χ0n) is 22.4. The molecule has 3 aliphatic rings. The van der Waals surface area contributed by atoms with Crippen LogP contribution in [-0.2, 0) is 25.7 Å². The quantitative estimate of drug-likeness (QED) is 0.203. The number of aromatic hydroxyl groups is 1. The highest BCUT2D eigenvalue weighted by molar-refractivity contribution is 8.00. The van der Waals surface area contributed by atoms with Crippen molar-refractivity contribution in [2.24, 2.45) is 0 Å². The average Bonchev–Trinajstić information content (AvgIpc) is 3.32. The Bertz CT molecular complexity index is 1690. The third-order valence-corrected chi connectivity index (χ3v) is 9.75. The number of thioether (sulfide) groups is 2. The molecular weight excluding hydrogens is 574 g/mol. The van der Waals surface area contributed by atoms with E-state index in [1.807, 2.05) is 48.5 Å². The minimum absolute atomic E-state index is 0.123. The topological polar surface area (TPSA) is 127 Å². The van der Waals surface area contributed by atoms with Gasteiger partial charge in [0.05, 0.1) is 5.75 Å². The molecule has 3 heterocycles. The molecule has 3 aliphatic heterocycles. The number of allylic oxidation sites excluding steroid dienone is 1. The van der Waals surface area contributed by atoms with Crippen LogP contribution in [0.4, 0.5) is 0 Å². The van der Waals surface area contributed by atoms with Crippen molar-refractivity contribution in [1.82, 2.24) is 15.1 Å². The molecule has 0 radical (unpaired) electrons. The molecule has 0 unspecified atom stereocenters. The first-order chi connectivity index (χ1) is 20.3. The minimum Gasteiger partial charge on any atom is -0.508 e. The van der Waals surface area contributed by atoms with Crippen molar-refractivity contribution in [3.8, 4) is 5.75 Å². The van der Waals surface area contributed by atoms with Gasteiger partial charge in [-0.2, -0.15) is 0 Å². The lowest BCUT2D eigenvalue weighted by Crippen LogP contribution is -2.70. The summed E-state index contributed by atoms with van der Waals surface area (Å²) >= 11 is 2.74. The SMILES string of the molecule is O=C(CSc1ccc2ccccc2c1)N[C@@H]1C(=O)N2C(C(=O)O)=C(/C=C3\CCN(Cc4cccc(O)c4)C3=O)CS[C@H]12. The predicted molar refractivity (Wildman–Crippen MR) is 161 cm³/mol. The first-order valence-corrected chi connectivity index (χ1v) is 15.4. The number of hydrogen-bond acceptors (Lipinski definition) is 7. The van der Waals surface area contributed by atoms with E-state index in [0.29, 0.717) is 30.7 Å². The van der Waals surface area contributed by atoms with Crippen LogP contribution in [-0.4, -0.2) is 73.2 Å². The molecule has 0 aromatic heterocycles. The lowest BCUT2D eigenvalue weighted by Gasteiger charge is -2.49. The van der Waals surface area contributed by atoms with Gasteiger partial charge in [0.25, 0.3) is 5.91 Å². The molecule has 3 amide bonds. The van der Waals surface area contributed by atoms with Gasteiger partial charge in [-0.15, -0.1) is 23.5 Å². The Morgan fingerprint density at radius 2 is 1.86 bits per heavy atom. The third kappa shape index (κ3) is 5.49. The number of carbonyl (C=O) groups is 4. The lowest BCUT2D eigenvalue weighted by molar-refractivity contribution is -0.150. The average molecular weight is 602 g/mol. The van der Waals surface area contributed by atoms with Crippen molar-refractivity contribution >= 4 is 58.0 Å². The molecule has 3 aromatic rings. The summed E-state index contributed by atoms with van der Waals surface area (Å²) in [7, 11) is 0. The highest BCUT2D eigenvalue weighted by atomic mass is 32.2. The Morgan fingerprint density at radius 3 is 2.64 bits per heavy atom. The second-order valence-electron chi connectivity index (χ2n) is 10.2. The maximum atomic E-state index is 13.1. The van der Waals surface area contributed by atoms with E-state index in [-0.39, 0.29) is 34.8 Å². The summed E-state index contributed by atoms with van der Waals surface area (Å²) in [6.45, 7) is 0.803. The molecule has 9 nitrogen and oxygen atoms in total. The molecule has 2 atom stereocenters. The number of likely N-dealkylation sites (tertiary alicyclic amines) is 1. The molecule has 0 aliphatic carbocycles. The fourth-order valence-corrected chi connectivity index (χ4v) is 7.47. The van der Waals surface area contributed by atoms with Crippen molar-refractivity contribution in [3.63, 3.8) is 0 Å². The van der Waals surface area contributed by atoms with Gasteiger partial charge in [-0.05, 0) is 58.7 Å². The molecule has 2 saturated heterocycles. The maximum Gasteiger partial charge on any atom is 0.352 e. The predicted octanol–water partition coefficient (Wildman–Crippen LogP) is 3.74. The number of nitrogens with zero attached hydrogens (tertiary/aromatic N) is 2. The zero-order valence-corrected chi connectivity index (χ0v) is 24.0. The summed E-state index contributed by atoms with van der Waals surface area (Å²) < 4.78 is 0. The molecule has 11 heteroatoms. The Morgan fingerprint density at radius 1 is 1.05 bits per heavy atom.